The Morgan fingerprint density at radius 1 is 0.959 bits per heavy atom. The molecule has 6 rings (SSSR count). The molecule has 2 aliphatic heterocycles. The van der Waals surface area contributed by atoms with Crippen molar-refractivity contribution >= 4 is 28.8 Å². The van der Waals surface area contributed by atoms with Crippen molar-refractivity contribution in [2.24, 2.45) is 0 Å². The largest absolute Gasteiger partial charge is 0.328 e. The van der Waals surface area contributed by atoms with Gasteiger partial charge in [-0.3, -0.25) is 0 Å². The molecule has 4 amide bonds. The van der Waals surface area contributed by atoms with Crippen LogP contribution in [0, 0.1) is 0 Å². The van der Waals surface area contributed by atoms with E-state index in [0.29, 0.717) is 26.1 Å². The third kappa shape index (κ3) is 8.10. The summed E-state index contributed by atoms with van der Waals surface area (Å²) < 4.78 is 2.33. The molecule has 49 heavy (non-hydrogen) atoms. The maximum absolute atomic E-state index is 14.1. The van der Waals surface area contributed by atoms with Gasteiger partial charge in [-0.1, -0.05) is 62.4 Å². The van der Waals surface area contributed by atoms with Gasteiger partial charge >= 0.3 is 12.1 Å². The van der Waals surface area contributed by atoms with Crippen molar-refractivity contribution in [1.82, 2.24) is 29.6 Å². The molecule has 0 aliphatic carbocycles. The Labute approximate surface area is 291 Å². The van der Waals surface area contributed by atoms with E-state index in [2.05, 4.69) is 90.5 Å². The Morgan fingerprint density at radius 2 is 1.71 bits per heavy atom. The number of para-hydroxylation sites is 3. The molecule has 2 aliphatic rings. The van der Waals surface area contributed by atoms with Crippen molar-refractivity contribution in [3.8, 4) is 0 Å². The highest BCUT2D eigenvalue weighted by atomic mass is 16.2. The van der Waals surface area contributed by atoms with Crippen LogP contribution in [0.5, 0.6) is 0 Å². The van der Waals surface area contributed by atoms with Crippen molar-refractivity contribution in [2.75, 3.05) is 45.6 Å². The molecule has 3 aromatic carbocycles. The highest BCUT2D eigenvalue weighted by molar-refractivity contribution is 5.91. The van der Waals surface area contributed by atoms with Crippen LogP contribution in [0.1, 0.15) is 73.7 Å². The Kier molecular flexibility index (Phi) is 11.2. The maximum atomic E-state index is 14.1. The van der Waals surface area contributed by atoms with Gasteiger partial charge in [0.25, 0.3) is 0 Å². The SMILES string of the molecule is CCc1ccc(CC(NC(=O)N2CCC(N3CCc4ccccc4NC3=O)CC2)c2nc3ccccc3n2CCCCN(C)C)cc1CC. The number of piperidine rings is 1. The molecule has 0 spiro atoms. The van der Waals surface area contributed by atoms with Gasteiger partial charge in [0.2, 0.25) is 0 Å². The van der Waals surface area contributed by atoms with Gasteiger partial charge in [-0.15, -0.1) is 0 Å². The lowest BCUT2D eigenvalue weighted by atomic mass is 9.96. The van der Waals surface area contributed by atoms with Crippen molar-refractivity contribution in [3.05, 3.63) is 94.8 Å². The van der Waals surface area contributed by atoms with Gasteiger partial charge in [0.05, 0.1) is 17.1 Å². The molecule has 1 unspecified atom stereocenters. The van der Waals surface area contributed by atoms with Crippen LogP contribution in [-0.4, -0.2) is 82.6 Å². The molecule has 0 saturated carbocycles. The van der Waals surface area contributed by atoms with Crippen molar-refractivity contribution in [1.29, 1.82) is 0 Å². The van der Waals surface area contributed by atoms with Crippen LogP contribution in [-0.2, 0) is 32.2 Å². The van der Waals surface area contributed by atoms with E-state index in [1.807, 2.05) is 34.1 Å². The molecule has 2 N–H and O–H groups in total. The maximum Gasteiger partial charge on any atom is 0.322 e. The van der Waals surface area contributed by atoms with E-state index in [0.717, 1.165) is 80.6 Å². The Hall–Kier alpha value is -4.37. The van der Waals surface area contributed by atoms with Crippen LogP contribution < -0.4 is 10.6 Å². The van der Waals surface area contributed by atoms with Crippen LogP contribution in [0.4, 0.5) is 15.3 Å². The minimum atomic E-state index is -0.293. The number of unbranched alkanes of at least 4 members (excludes halogenated alkanes) is 1. The van der Waals surface area contributed by atoms with E-state index in [4.69, 9.17) is 4.98 Å². The van der Waals surface area contributed by atoms with Crippen LogP contribution >= 0.6 is 0 Å². The number of rotatable bonds is 12. The van der Waals surface area contributed by atoms with Crippen LogP contribution in [0.3, 0.4) is 0 Å². The molecule has 1 atom stereocenters. The Balaban J connectivity index is 1.21. The first-order valence-corrected chi connectivity index (χ1v) is 18.3. The van der Waals surface area contributed by atoms with E-state index in [1.165, 1.54) is 22.3 Å². The summed E-state index contributed by atoms with van der Waals surface area (Å²) in [5, 5.41) is 6.56. The summed E-state index contributed by atoms with van der Waals surface area (Å²) in [5.41, 5.74) is 8.08. The summed E-state index contributed by atoms with van der Waals surface area (Å²) in [6, 6.07) is 22.8. The van der Waals surface area contributed by atoms with Gasteiger partial charge in [0.1, 0.15) is 5.82 Å². The second-order valence-electron chi connectivity index (χ2n) is 13.9. The lowest BCUT2D eigenvalue weighted by Gasteiger charge is -2.38. The quantitative estimate of drug-likeness (QED) is 0.159. The summed E-state index contributed by atoms with van der Waals surface area (Å²) in [6.45, 7) is 8.19. The Bertz CT molecular complexity index is 1740. The minimum Gasteiger partial charge on any atom is -0.328 e. The molecular formula is C40H53N7O2. The summed E-state index contributed by atoms with van der Waals surface area (Å²) >= 11 is 0. The van der Waals surface area contributed by atoms with E-state index >= 15 is 0 Å². The number of urea groups is 2. The number of anilines is 1. The fourth-order valence-corrected chi connectivity index (χ4v) is 7.58. The lowest BCUT2D eigenvalue weighted by Crippen LogP contribution is -2.52. The zero-order chi connectivity index (χ0) is 34.3. The first kappa shape index (κ1) is 34.5. The van der Waals surface area contributed by atoms with Gasteiger partial charge in [0, 0.05) is 37.9 Å². The predicted molar refractivity (Wildman–Crippen MR) is 198 cm³/mol. The molecule has 0 radical (unpaired) electrons. The van der Waals surface area contributed by atoms with Gasteiger partial charge < -0.3 is 29.9 Å². The van der Waals surface area contributed by atoms with Crippen LogP contribution in [0.15, 0.2) is 66.7 Å². The molecule has 1 fully saturated rings. The molecule has 0 bridgehead atoms. The number of carbonyl (C=O) groups excluding carboxylic acids is 2. The number of nitrogens with zero attached hydrogens (tertiary/aromatic N) is 5. The molecule has 260 valence electrons. The van der Waals surface area contributed by atoms with E-state index in [-0.39, 0.29) is 24.1 Å². The highest BCUT2D eigenvalue weighted by Gasteiger charge is 2.32. The van der Waals surface area contributed by atoms with E-state index in [1.54, 1.807) is 0 Å². The number of benzene rings is 3. The first-order valence-electron chi connectivity index (χ1n) is 18.3. The standard InChI is InChI=1S/C40H53N7O2/c1-5-30-18-17-29(27-31(30)6-2)28-36(38-41-35-15-9-10-16-37(35)47(38)23-12-11-22-44(3)4)43-39(48)45-24-20-33(21-25-45)46-26-19-32-13-7-8-14-34(32)42-40(46)49/h7-10,13-18,27,33,36H,5-6,11-12,19-26,28H2,1-4H3,(H,42,49)(H,43,48). The second-order valence-corrected chi connectivity index (χ2v) is 13.9. The van der Waals surface area contributed by atoms with Crippen LogP contribution in [0.2, 0.25) is 0 Å². The highest BCUT2D eigenvalue weighted by Crippen LogP contribution is 2.28. The number of fused-ring (bicyclic) bond motifs is 2. The van der Waals surface area contributed by atoms with Crippen molar-refractivity contribution in [3.63, 3.8) is 0 Å². The Morgan fingerprint density at radius 3 is 2.49 bits per heavy atom. The average Bonchev–Trinajstić information content (AvgIpc) is 3.39. The number of hydrogen-bond donors (Lipinski definition) is 2. The second kappa shape index (κ2) is 15.9. The predicted octanol–water partition coefficient (Wildman–Crippen LogP) is 7.05. The summed E-state index contributed by atoms with van der Waals surface area (Å²) in [7, 11) is 4.23. The van der Waals surface area contributed by atoms with Gasteiger partial charge in [-0.25, -0.2) is 14.6 Å². The normalized spacial score (nSPS) is 16.1. The first-order chi connectivity index (χ1) is 23.8. The van der Waals surface area contributed by atoms with Gasteiger partial charge in [-0.2, -0.15) is 0 Å². The zero-order valence-corrected chi connectivity index (χ0v) is 29.8. The minimum absolute atomic E-state index is 0.0436. The molecule has 9 heteroatoms. The monoisotopic (exact) mass is 663 g/mol. The van der Waals surface area contributed by atoms with Crippen LogP contribution in [0.25, 0.3) is 11.0 Å². The number of imidazole rings is 1. The van der Waals surface area contributed by atoms with E-state index in [9.17, 15) is 9.59 Å². The molecular weight excluding hydrogens is 610 g/mol. The molecule has 9 nitrogen and oxygen atoms in total. The molecule has 1 aromatic heterocycles. The molecule has 1 saturated heterocycles. The average molecular weight is 664 g/mol. The number of likely N-dealkylation sites (tertiary alicyclic amines) is 1. The number of carbonyl (C=O) groups is 2. The smallest absolute Gasteiger partial charge is 0.322 e. The lowest BCUT2D eigenvalue weighted by molar-refractivity contribution is 0.133. The number of aryl methyl sites for hydroxylation is 3. The van der Waals surface area contributed by atoms with Crippen molar-refractivity contribution < 1.29 is 9.59 Å². The van der Waals surface area contributed by atoms with E-state index < -0.39 is 0 Å². The number of aromatic nitrogens is 2. The third-order valence-electron chi connectivity index (χ3n) is 10.3. The fourth-order valence-electron chi connectivity index (χ4n) is 7.58. The molecule has 3 heterocycles. The summed E-state index contributed by atoms with van der Waals surface area (Å²) in [5.74, 6) is 0.910. The fraction of sp³-hybridized carbons (Fsp3) is 0.475. The third-order valence-corrected chi connectivity index (χ3v) is 10.3. The molecule has 4 aromatic rings. The topological polar surface area (TPSA) is 85.7 Å². The summed E-state index contributed by atoms with van der Waals surface area (Å²) in [4.78, 5) is 38.6. The number of nitrogens with one attached hydrogen (secondary N) is 2. The zero-order valence-electron chi connectivity index (χ0n) is 29.8. The van der Waals surface area contributed by atoms with Crippen molar-refractivity contribution in [2.45, 2.75) is 83.8 Å². The van der Waals surface area contributed by atoms with Gasteiger partial charge in [0.15, 0.2) is 0 Å². The van der Waals surface area contributed by atoms with Gasteiger partial charge in [-0.05, 0) is 112 Å². The number of hydrogen-bond acceptors (Lipinski definition) is 4. The summed E-state index contributed by atoms with van der Waals surface area (Å²) in [6.07, 6.45) is 7.10. The number of amides is 4.